The molecule has 2 rings (SSSR count). The fraction of sp³-hybridized carbons (Fsp3) is 0.250. The molecule has 0 saturated heterocycles. The summed E-state index contributed by atoms with van der Waals surface area (Å²) in [4.78, 5) is 0. The van der Waals surface area contributed by atoms with Gasteiger partial charge in [0.15, 0.2) is 0 Å². The third kappa shape index (κ3) is 3.70. The van der Waals surface area contributed by atoms with E-state index in [-0.39, 0.29) is 5.56 Å². The molecule has 0 radical (unpaired) electrons. The second-order valence-electron chi connectivity index (χ2n) is 4.91. The van der Waals surface area contributed by atoms with Crippen molar-refractivity contribution in [1.29, 1.82) is 0 Å². The van der Waals surface area contributed by atoms with Crippen molar-refractivity contribution in [3.8, 4) is 0 Å². The van der Waals surface area contributed by atoms with Crippen LogP contribution in [0.1, 0.15) is 29.7 Å². The summed E-state index contributed by atoms with van der Waals surface area (Å²) < 4.78 is 39.1. The fourth-order valence-corrected chi connectivity index (χ4v) is 2.37. The Hall–Kier alpha value is -1.68. The number of hydrogen-bond acceptors (Lipinski definition) is 1. The first-order valence-corrected chi connectivity index (χ1v) is 6.85. The van der Waals surface area contributed by atoms with E-state index in [1.54, 1.807) is 25.1 Å². The maximum absolute atomic E-state index is 13.0. The molecule has 5 heteroatoms. The molecule has 1 N–H and O–H groups in total. The molecule has 0 bridgehead atoms. The highest BCUT2D eigenvalue weighted by atomic mass is 35.5. The molecular formula is C16H15ClF3N. The number of benzene rings is 2. The number of alkyl halides is 3. The largest absolute Gasteiger partial charge is 0.416 e. The summed E-state index contributed by atoms with van der Waals surface area (Å²) in [5, 5.41) is 3.64. The quantitative estimate of drug-likeness (QED) is 0.750. The van der Waals surface area contributed by atoms with E-state index in [1.165, 1.54) is 12.1 Å². The Morgan fingerprint density at radius 1 is 1.10 bits per heavy atom. The van der Waals surface area contributed by atoms with Crippen LogP contribution < -0.4 is 5.32 Å². The molecular weight excluding hydrogens is 299 g/mol. The molecule has 112 valence electrons. The Kier molecular flexibility index (Phi) is 4.47. The van der Waals surface area contributed by atoms with Crippen LogP contribution in [0.15, 0.2) is 42.5 Å². The van der Waals surface area contributed by atoms with Crippen molar-refractivity contribution in [2.24, 2.45) is 0 Å². The summed E-state index contributed by atoms with van der Waals surface area (Å²) in [5.74, 6) is 0. The monoisotopic (exact) mass is 313 g/mol. The highest BCUT2D eigenvalue weighted by Gasteiger charge is 2.34. The first kappa shape index (κ1) is 15.7. The summed E-state index contributed by atoms with van der Waals surface area (Å²) in [6, 6.07) is 10.4. The molecule has 2 aromatic rings. The molecule has 2 aromatic carbocycles. The molecule has 0 fully saturated rings. The molecule has 1 nitrogen and oxygen atoms in total. The van der Waals surface area contributed by atoms with Crippen LogP contribution in [0.4, 0.5) is 18.9 Å². The van der Waals surface area contributed by atoms with Crippen LogP contribution in [-0.2, 0) is 6.18 Å². The zero-order valence-electron chi connectivity index (χ0n) is 11.6. The number of aryl methyl sites for hydroxylation is 1. The van der Waals surface area contributed by atoms with Crippen molar-refractivity contribution in [3.63, 3.8) is 0 Å². The molecule has 0 heterocycles. The normalized spacial score (nSPS) is 13.0. The van der Waals surface area contributed by atoms with Gasteiger partial charge in [-0.1, -0.05) is 35.9 Å². The standard InChI is InChI=1S/C16H15ClF3N/c1-10-7-8-12(17)9-15(10)21-11(2)13-5-3-4-6-14(13)16(18,19)20/h3-9,11,21H,1-2H3. The Morgan fingerprint density at radius 2 is 1.76 bits per heavy atom. The van der Waals surface area contributed by atoms with Gasteiger partial charge in [-0.25, -0.2) is 0 Å². The van der Waals surface area contributed by atoms with E-state index < -0.39 is 17.8 Å². The third-order valence-corrected chi connectivity index (χ3v) is 3.54. The van der Waals surface area contributed by atoms with Gasteiger partial charge in [0.05, 0.1) is 5.56 Å². The Labute approximate surface area is 126 Å². The molecule has 0 saturated carbocycles. The molecule has 0 amide bonds. The smallest absolute Gasteiger partial charge is 0.378 e. The third-order valence-electron chi connectivity index (χ3n) is 3.30. The topological polar surface area (TPSA) is 12.0 Å². The first-order chi connectivity index (χ1) is 9.79. The van der Waals surface area contributed by atoms with E-state index >= 15 is 0 Å². The van der Waals surface area contributed by atoms with Gasteiger partial charge in [0.2, 0.25) is 0 Å². The number of hydrogen-bond donors (Lipinski definition) is 1. The average Bonchev–Trinajstić information content (AvgIpc) is 2.42. The lowest BCUT2D eigenvalue weighted by molar-refractivity contribution is -0.138. The van der Waals surface area contributed by atoms with Gasteiger partial charge < -0.3 is 5.32 Å². The summed E-state index contributed by atoms with van der Waals surface area (Å²) >= 11 is 5.93. The average molecular weight is 314 g/mol. The number of nitrogens with one attached hydrogen (secondary N) is 1. The predicted molar refractivity (Wildman–Crippen MR) is 79.7 cm³/mol. The lowest BCUT2D eigenvalue weighted by Crippen LogP contribution is -2.15. The SMILES string of the molecule is Cc1ccc(Cl)cc1NC(C)c1ccccc1C(F)(F)F. The van der Waals surface area contributed by atoms with Crippen molar-refractivity contribution in [3.05, 3.63) is 64.2 Å². The summed E-state index contributed by atoms with van der Waals surface area (Å²) in [5.41, 5.74) is 1.25. The van der Waals surface area contributed by atoms with Gasteiger partial charge in [0, 0.05) is 16.8 Å². The van der Waals surface area contributed by atoms with Crippen molar-refractivity contribution >= 4 is 17.3 Å². The van der Waals surface area contributed by atoms with E-state index in [9.17, 15) is 13.2 Å². The Morgan fingerprint density at radius 3 is 2.43 bits per heavy atom. The van der Waals surface area contributed by atoms with E-state index in [1.807, 2.05) is 13.0 Å². The van der Waals surface area contributed by atoms with E-state index in [2.05, 4.69) is 5.32 Å². The Balaban J connectivity index is 2.33. The van der Waals surface area contributed by atoms with Gasteiger partial charge in [-0.05, 0) is 43.2 Å². The maximum Gasteiger partial charge on any atom is 0.416 e. The fourth-order valence-electron chi connectivity index (χ4n) is 2.19. The summed E-state index contributed by atoms with van der Waals surface area (Å²) in [6.45, 7) is 3.58. The van der Waals surface area contributed by atoms with Crippen LogP contribution in [0, 0.1) is 6.92 Å². The van der Waals surface area contributed by atoms with E-state index in [0.29, 0.717) is 5.02 Å². The molecule has 0 aliphatic heterocycles. The van der Waals surface area contributed by atoms with Gasteiger partial charge in [0.25, 0.3) is 0 Å². The zero-order chi connectivity index (χ0) is 15.6. The van der Waals surface area contributed by atoms with Gasteiger partial charge in [-0.2, -0.15) is 13.2 Å². The van der Waals surface area contributed by atoms with Gasteiger partial charge in [0.1, 0.15) is 0 Å². The van der Waals surface area contributed by atoms with Gasteiger partial charge in [-0.15, -0.1) is 0 Å². The molecule has 0 aliphatic carbocycles. The minimum atomic E-state index is -4.37. The van der Waals surface area contributed by atoms with Crippen LogP contribution >= 0.6 is 11.6 Å². The van der Waals surface area contributed by atoms with Crippen LogP contribution in [0.25, 0.3) is 0 Å². The minimum absolute atomic E-state index is 0.212. The molecule has 0 aliphatic rings. The Bertz CT molecular complexity index is 638. The van der Waals surface area contributed by atoms with Crippen LogP contribution in [0.2, 0.25) is 5.02 Å². The minimum Gasteiger partial charge on any atom is -0.378 e. The van der Waals surface area contributed by atoms with Gasteiger partial charge in [-0.3, -0.25) is 0 Å². The predicted octanol–water partition coefficient (Wildman–Crippen LogP) is 5.84. The van der Waals surface area contributed by atoms with Crippen LogP contribution in [0.3, 0.4) is 0 Å². The lowest BCUT2D eigenvalue weighted by Gasteiger charge is -2.21. The number of halogens is 4. The van der Waals surface area contributed by atoms with Crippen molar-refractivity contribution in [1.82, 2.24) is 0 Å². The van der Waals surface area contributed by atoms with Gasteiger partial charge >= 0.3 is 6.18 Å². The second kappa shape index (κ2) is 5.98. The van der Waals surface area contributed by atoms with E-state index in [4.69, 9.17) is 11.6 Å². The van der Waals surface area contributed by atoms with Crippen molar-refractivity contribution < 1.29 is 13.2 Å². The van der Waals surface area contributed by atoms with Crippen LogP contribution in [-0.4, -0.2) is 0 Å². The molecule has 1 unspecified atom stereocenters. The molecule has 21 heavy (non-hydrogen) atoms. The number of anilines is 1. The summed E-state index contributed by atoms with van der Waals surface area (Å²) in [7, 11) is 0. The maximum atomic E-state index is 13.0. The first-order valence-electron chi connectivity index (χ1n) is 6.48. The van der Waals surface area contributed by atoms with E-state index in [0.717, 1.165) is 17.3 Å². The molecule has 0 spiro atoms. The van der Waals surface area contributed by atoms with Crippen LogP contribution in [0.5, 0.6) is 0 Å². The highest BCUT2D eigenvalue weighted by molar-refractivity contribution is 6.30. The van der Waals surface area contributed by atoms with Crippen molar-refractivity contribution in [2.45, 2.75) is 26.1 Å². The second-order valence-corrected chi connectivity index (χ2v) is 5.35. The zero-order valence-corrected chi connectivity index (χ0v) is 12.4. The van der Waals surface area contributed by atoms with Crippen molar-refractivity contribution in [2.75, 3.05) is 5.32 Å². The molecule has 0 aromatic heterocycles. The number of rotatable bonds is 3. The lowest BCUT2D eigenvalue weighted by atomic mass is 10.0. The molecule has 1 atom stereocenters. The summed E-state index contributed by atoms with van der Waals surface area (Å²) in [6.07, 6.45) is -4.37. The highest BCUT2D eigenvalue weighted by Crippen LogP contribution is 2.35.